The van der Waals surface area contributed by atoms with Crippen LogP contribution < -0.4 is 14.4 Å². The molecule has 1 unspecified atom stereocenters. The van der Waals surface area contributed by atoms with Crippen molar-refractivity contribution in [3.8, 4) is 11.5 Å². The van der Waals surface area contributed by atoms with E-state index >= 15 is 0 Å². The highest BCUT2D eigenvalue weighted by Gasteiger charge is 2.44. The number of hydrogen-bond acceptors (Lipinski definition) is 4. The molecule has 6 rings (SSSR count). The van der Waals surface area contributed by atoms with E-state index in [2.05, 4.69) is 46.2 Å². The van der Waals surface area contributed by atoms with Gasteiger partial charge >= 0.3 is 0 Å². The maximum atomic E-state index is 5.93. The van der Waals surface area contributed by atoms with E-state index in [1.807, 2.05) is 0 Å². The zero-order valence-electron chi connectivity index (χ0n) is 16.4. The Labute approximate surface area is 167 Å². The van der Waals surface area contributed by atoms with E-state index in [1.165, 1.54) is 60.6 Å². The zero-order chi connectivity index (χ0) is 18.5. The fourth-order valence-corrected chi connectivity index (χ4v) is 5.82. The second kappa shape index (κ2) is 6.70. The monoisotopic (exact) mass is 376 g/mol. The Morgan fingerprint density at radius 3 is 2.96 bits per heavy atom. The molecule has 2 atom stereocenters. The van der Waals surface area contributed by atoms with Crippen molar-refractivity contribution in [2.24, 2.45) is 0 Å². The van der Waals surface area contributed by atoms with Crippen molar-refractivity contribution in [2.75, 3.05) is 44.3 Å². The molecule has 0 bridgehead atoms. The summed E-state index contributed by atoms with van der Waals surface area (Å²) in [6, 6.07) is 14.0. The molecular weight excluding hydrogens is 348 g/mol. The van der Waals surface area contributed by atoms with Crippen LogP contribution in [0, 0.1) is 0 Å². The molecule has 146 valence electrons. The molecule has 0 aromatic heterocycles. The Bertz CT molecular complexity index is 896. The molecule has 4 aliphatic heterocycles. The minimum atomic E-state index is 0.634. The van der Waals surface area contributed by atoms with Crippen molar-refractivity contribution in [3.63, 3.8) is 0 Å². The molecular formula is C24H28N2O2. The lowest BCUT2D eigenvalue weighted by atomic mass is 9.89. The smallest absolute Gasteiger partial charge is 0.142 e. The summed E-state index contributed by atoms with van der Waals surface area (Å²) in [6.45, 7) is 6.30. The second-order valence-corrected chi connectivity index (χ2v) is 8.61. The first kappa shape index (κ1) is 16.7. The molecule has 4 nitrogen and oxygen atoms in total. The Balaban J connectivity index is 1.13. The predicted molar refractivity (Wildman–Crippen MR) is 111 cm³/mol. The van der Waals surface area contributed by atoms with Gasteiger partial charge in [0.25, 0.3) is 0 Å². The average Bonchev–Trinajstić information content (AvgIpc) is 3.34. The summed E-state index contributed by atoms with van der Waals surface area (Å²) in [5.41, 5.74) is 5.70. The molecule has 1 saturated heterocycles. The Hall–Kier alpha value is -2.20. The standard InChI is InChI=1S/C24H28N2O2/c1-4-17(24-18(5-1)10-14-28-24)6-3-11-25-12-9-21-20(16-25)19-7-2-8-22-23(19)26(21)13-15-27-22/h1-2,4-5,7-8,20-21H,3,6,9-16H2/t20-,21?/m1/s1. The largest absolute Gasteiger partial charge is 0.493 e. The third-order valence-corrected chi connectivity index (χ3v) is 7.08. The van der Waals surface area contributed by atoms with E-state index in [9.17, 15) is 0 Å². The summed E-state index contributed by atoms with van der Waals surface area (Å²) in [5.74, 6) is 2.91. The summed E-state index contributed by atoms with van der Waals surface area (Å²) in [6.07, 6.45) is 4.66. The van der Waals surface area contributed by atoms with Crippen molar-refractivity contribution in [1.82, 2.24) is 4.90 Å². The fourth-order valence-electron chi connectivity index (χ4n) is 5.82. The fraction of sp³-hybridized carbons (Fsp3) is 0.500. The van der Waals surface area contributed by atoms with Gasteiger partial charge in [-0.1, -0.05) is 30.3 Å². The Morgan fingerprint density at radius 1 is 1.00 bits per heavy atom. The molecule has 2 aromatic rings. The minimum Gasteiger partial charge on any atom is -0.493 e. The summed E-state index contributed by atoms with van der Waals surface area (Å²) in [4.78, 5) is 5.32. The van der Waals surface area contributed by atoms with Crippen LogP contribution in [0.4, 0.5) is 5.69 Å². The highest BCUT2D eigenvalue weighted by molar-refractivity contribution is 5.71. The Morgan fingerprint density at radius 2 is 1.96 bits per heavy atom. The van der Waals surface area contributed by atoms with Gasteiger partial charge in [0.1, 0.15) is 18.1 Å². The topological polar surface area (TPSA) is 24.9 Å². The van der Waals surface area contributed by atoms with Gasteiger partial charge in [-0.05, 0) is 48.6 Å². The molecule has 4 aliphatic rings. The zero-order valence-corrected chi connectivity index (χ0v) is 16.4. The lowest BCUT2D eigenvalue weighted by Gasteiger charge is -2.40. The van der Waals surface area contributed by atoms with Crippen LogP contribution in [0.1, 0.15) is 35.4 Å². The molecule has 0 N–H and O–H groups in total. The number of hydrogen-bond donors (Lipinski definition) is 0. The predicted octanol–water partition coefficient (Wildman–Crippen LogP) is 3.62. The van der Waals surface area contributed by atoms with E-state index in [-0.39, 0.29) is 0 Å². The van der Waals surface area contributed by atoms with E-state index in [1.54, 1.807) is 0 Å². The molecule has 0 spiro atoms. The first-order chi connectivity index (χ1) is 13.9. The second-order valence-electron chi connectivity index (χ2n) is 8.61. The van der Waals surface area contributed by atoms with Crippen molar-refractivity contribution in [1.29, 1.82) is 0 Å². The third-order valence-electron chi connectivity index (χ3n) is 7.08. The van der Waals surface area contributed by atoms with E-state index in [0.717, 1.165) is 38.3 Å². The minimum absolute atomic E-state index is 0.634. The summed E-state index contributed by atoms with van der Waals surface area (Å²) in [7, 11) is 0. The third kappa shape index (κ3) is 2.61. The first-order valence-electron chi connectivity index (χ1n) is 10.9. The SMILES string of the molecule is c1cc(CCCN2CCC3[C@H](C2)c2cccc4c2N3CCO4)c2c(c1)CCO2. The van der Waals surface area contributed by atoms with Crippen LogP contribution in [0.25, 0.3) is 0 Å². The molecule has 0 amide bonds. The normalized spacial score (nSPS) is 24.9. The van der Waals surface area contributed by atoms with Crippen LogP contribution in [0.5, 0.6) is 11.5 Å². The lowest BCUT2D eigenvalue weighted by Crippen LogP contribution is -2.48. The van der Waals surface area contributed by atoms with Gasteiger partial charge in [0.05, 0.1) is 18.8 Å². The number of piperidine rings is 1. The Kier molecular flexibility index (Phi) is 4.00. The van der Waals surface area contributed by atoms with Gasteiger partial charge in [-0.2, -0.15) is 0 Å². The highest BCUT2D eigenvalue weighted by atomic mass is 16.5. The van der Waals surface area contributed by atoms with Crippen LogP contribution >= 0.6 is 0 Å². The molecule has 2 aromatic carbocycles. The first-order valence-corrected chi connectivity index (χ1v) is 10.9. The van der Waals surface area contributed by atoms with Gasteiger partial charge in [-0.3, -0.25) is 0 Å². The van der Waals surface area contributed by atoms with Crippen LogP contribution in [-0.2, 0) is 12.8 Å². The molecule has 0 saturated carbocycles. The number of nitrogens with zero attached hydrogens (tertiary/aromatic N) is 2. The quantitative estimate of drug-likeness (QED) is 0.814. The maximum absolute atomic E-state index is 5.93. The molecule has 0 aliphatic carbocycles. The number of rotatable bonds is 4. The van der Waals surface area contributed by atoms with Gasteiger partial charge in [0.15, 0.2) is 0 Å². The van der Waals surface area contributed by atoms with Crippen molar-refractivity contribution in [3.05, 3.63) is 53.1 Å². The number of ether oxygens (including phenoxy) is 2. The number of benzene rings is 2. The van der Waals surface area contributed by atoms with Gasteiger partial charge in [0, 0.05) is 31.5 Å². The van der Waals surface area contributed by atoms with Gasteiger partial charge in [-0.25, -0.2) is 0 Å². The van der Waals surface area contributed by atoms with Crippen LogP contribution in [0.15, 0.2) is 36.4 Å². The number of fused-ring (bicyclic) bond motifs is 4. The number of anilines is 1. The van der Waals surface area contributed by atoms with E-state index in [4.69, 9.17) is 9.47 Å². The summed E-state index contributed by atoms with van der Waals surface area (Å²) >= 11 is 0. The van der Waals surface area contributed by atoms with Crippen LogP contribution in [0.2, 0.25) is 0 Å². The number of para-hydroxylation sites is 2. The van der Waals surface area contributed by atoms with Crippen LogP contribution in [0.3, 0.4) is 0 Å². The molecule has 28 heavy (non-hydrogen) atoms. The number of aryl methyl sites for hydroxylation is 1. The lowest BCUT2D eigenvalue weighted by molar-refractivity contribution is 0.188. The van der Waals surface area contributed by atoms with Crippen molar-refractivity contribution >= 4 is 5.69 Å². The molecule has 4 heteroatoms. The summed E-state index contributed by atoms with van der Waals surface area (Å²) < 4.78 is 11.8. The average molecular weight is 377 g/mol. The molecule has 0 radical (unpaired) electrons. The van der Waals surface area contributed by atoms with Gasteiger partial charge < -0.3 is 19.3 Å². The van der Waals surface area contributed by atoms with E-state index in [0.29, 0.717) is 12.0 Å². The summed E-state index contributed by atoms with van der Waals surface area (Å²) in [5, 5.41) is 0. The van der Waals surface area contributed by atoms with Crippen molar-refractivity contribution < 1.29 is 9.47 Å². The highest BCUT2D eigenvalue weighted by Crippen LogP contribution is 2.50. The molecule has 4 heterocycles. The van der Waals surface area contributed by atoms with Crippen LogP contribution in [-0.4, -0.2) is 50.3 Å². The van der Waals surface area contributed by atoms with Gasteiger partial charge in [0.2, 0.25) is 0 Å². The van der Waals surface area contributed by atoms with E-state index < -0.39 is 0 Å². The maximum Gasteiger partial charge on any atom is 0.142 e. The van der Waals surface area contributed by atoms with Crippen molar-refractivity contribution in [2.45, 2.75) is 37.6 Å². The number of likely N-dealkylation sites (tertiary alicyclic amines) is 1. The van der Waals surface area contributed by atoms with Gasteiger partial charge in [-0.15, -0.1) is 0 Å². The molecule has 1 fully saturated rings.